The first kappa shape index (κ1) is 21.5. The first-order chi connectivity index (χ1) is 15.9. The number of aryl methyl sites for hydroxylation is 2. The Balaban J connectivity index is 1.31. The third-order valence-corrected chi connectivity index (χ3v) is 6.87. The number of rotatable bonds is 4. The standard InChI is InChI=1S/C24H23FN4O3S/c1-3-28-13-18(21(30)17-6-4-14(2)26-22(17)28)23(31)29-10-8-16(9-11-29)32-24-27-19-7-5-15(25)12-20(19)33-24/h4-7,12-13,16H,3,8-11H2,1-2H3. The lowest BCUT2D eigenvalue weighted by Crippen LogP contribution is -2.43. The number of thiazole rings is 1. The second kappa shape index (κ2) is 8.55. The number of pyridine rings is 2. The molecule has 0 radical (unpaired) electrons. The lowest BCUT2D eigenvalue weighted by atomic mass is 10.1. The summed E-state index contributed by atoms with van der Waals surface area (Å²) in [7, 11) is 0. The van der Waals surface area contributed by atoms with Crippen molar-refractivity contribution < 1.29 is 13.9 Å². The van der Waals surface area contributed by atoms with Crippen molar-refractivity contribution in [3.63, 3.8) is 0 Å². The van der Waals surface area contributed by atoms with Crippen molar-refractivity contribution in [3.05, 3.63) is 63.8 Å². The number of benzene rings is 1. The van der Waals surface area contributed by atoms with Crippen LogP contribution < -0.4 is 10.2 Å². The molecule has 1 aromatic carbocycles. The lowest BCUT2D eigenvalue weighted by molar-refractivity contribution is 0.0594. The van der Waals surface area contributed by atoms with Crippen molar-refractivity contribution in [1.82, 2.24) is 19.4 Å². The molecule has 4 heterocycles. The van der Waals surface area contributed by atoms with Gasteiger partial charge in [0.1, 0.15) is 23.1 Å². The minimum Gasteiger partial charge on any atom is -0.467 e. The summed E-state index contributed by atoms with van der Waals surface area (Å²) in [5.74, 6) is -0.565. The smallest absolute Gasteiger partial charge is 0.274 e. The molecule has 1 aliphatic heterocycles. The number of carbonyl (C=O) groups is 1. The van der Waals surface area contributed by atoms with Crippen LogP contribution in [0.2, 0.25) is 0 Å². The van der Waals surface area contributed by atoms with Crippen LogP contribution in [0.25, 0.3) is 21.3 Å². The van der Waals surface area contributed by atoms with E-state index in [-0.39, 0.29) is 28.8 Å². The molecule has 0 bridgehead atoms. The molecule has 4 aromatic rings. The highest BCUT2D eigenvalue weighted by atomic mass is 32.1. The van der Waals surface area contributed by atoms with E-state index in [9.17, 15) is 14.0 Å². The molecule has 0 N–H and O–H groups in total. The normalized spacial score (nSPS) is 14.8. The summed E-state index contributed by atoms with van der Waals surface area (Å²) in [6.07, 6.45) is 2.80. The van der Waals surface area contributed by atoms with E-state index in [1.165, 1.54) is 23.5 Å². The van der Waals surface area contributed by atoms with Crippen molar-refractivity contribution in [1.29, 1.82) is 0 Å². The molecule has 7 nitrogen and oxygen atoms in total. The third kappa shape index (κ3) is 4.08. The topological polar surface area (TPSA) is 77.3 Å². The Morgan fingerprint density at radius 1 is 1.21 bits per heavy atom. The Kier molecular flexibility index (Phi) is 5.57. The minimum absolute atomic E-state index is 0.0875. The maximum absolute atomic E-state index is 13.4. The van der Waals surface area contributed by atoms with E-state index < -0.39 is 0 Å². The van der Waals surface area contributed by atoms with E-state index >= 15 is 0 Å². The van der Waals surface area contributed by atoms with Gasteiger partial charge >= 0.3 is 0 Å². The Bertz CT molecular complexity index is 1420. The van der Waals surface area contributed by atoms with Gasteiger partial charge in [-0.05, 0) is 44.2 Å². The molecule has 0 aliphatic carbocycles. The van der Waals surface area contributed by atoms with Crippen molar-refractivity contribution in [2.45, 2.75) is 39.3 Å². The average Bonchev–Trinajstić information content (AvgIpc) is 3.20. The predicted octanol–water partition coefficient (Wildman–Crippen LogP) is 4.16. The Morgan fingerprint density at radius 2 is 2.00 bits per heavy atom. The molecule has 0 unspecified atom stereocenters. The van der Waals surface area contributed by atoms with E-state index in [0.717, 1.165) is 10.4 Å². The summed E-state index contributed by atoms with van der Waals surface area (Å²) < 4.78 is 22.0. The predicted molar refractivity (Wildman–Crippen MR) is 126 cm³/mol. The first-order valence-electron chi connectivity index (χ1n) is 11.0. The number of halogens is 1. The molecule has 1 amide bonds. The van der Waals surface area contributed by atoms with Gasteiger partial charge in [0.25, 0.3) is 11.1 Å². The van der Waals surface area contributed by atoms with Gasteiger partial charge in [-0.15, -0.1) is 0 Å². The Labute approximate surface area is 193 Å². The quantitative estimate of drug-likeness (QED) is 0.451. The maximum atomic E-state index is 13.4. The number of ether oxygens (including phenoxy) is 1. The molecule has 0 spiro atoms. The number of likely N-dealkylation sites (tertiary alicyclic amines) is 1. The summed E-state index contributed by atoms with van der Waals surface area (Å²) in [4.78, 5) is 36.9. The van der Waals surface area contributed by atoms with Gasteiger partial charge in [-0.25, -0.2) is 14.4 Å². The molecule has 1 aliphatic rings. The van der Waals surface area contributed by atoms with Crippen LogP contribution in [0.1, 0.15) is 35.8 Å². The van der Waals surface area contributed by atoms with Crippen molar-refractivity contribution in [2.24, 2.45) is 0 Å². The summed E-state index contributed by atoms with van der Waals surface area (Å²) in [6.45, 7) is 5.41. The van der Waals surface area contributed by atoms with Gasteiger partial charge in [0, 0.05) is 44.4 Å². The summed E-state index contributed by atoms with van der Waals surface area (Å²) in [5.41, 5.74) is 2.01. The largest absolute Gasteiger partial charge is 0.467 e. The number of carbonyl (C=O) groups excluding carboxylic acids is 1. The van der Waals surface area contributed by atoms with Gasteiger partial charge in [-0.2, -0.15) is 0 Å². The molecule has 5 rings (SSSR count). The van der Waals surface area contributed by atoms with Crippen LogP contribution in [0.4, 0.5) is 4.39 Å². The molecule has 170 valence electrons. The second-order valence-electron chi connectivity index (χ2n) is 8.18. The summed E-state index contributed by atoms with van der Waals surface area (Å²) in [6, 6.07) is 8.00. The number of hydrogen-bond donors (Lipinski definition) is 0. The number of hydrogen-bond acceptors (Lipinski definition) is 6. The number of amides is 1. The van der Waals surface area contributed by atoms with Crippen LogP contribution in [-0.2, 0) is 6.54 Å². The highest BCUT2D eigenvalue weighted by Crippen LogP contribution is 2.30. The van der Waals surface area contributed by atoms with Crippen LogP contribution in [0, 0.1) is 12.7 Å². The fraction of sp³-hybridized carbons (Fsp3) is 0.333. The van der Waals surface area contributed by atoms with E-state index in [4.69, 9.17) is 4.74 Å². The molecule has 0 saturated carbocycles. The zero-order valence-electron chi connectivity index (χ0n) is 18.4. The van der Waals surface area contributed by atoms with Crippen LogP contribution in [0.15, 0.2) is 41.3 Å². The highest BCUT2D eigenvalue weighted by molar-refractivity contribution is 7.20. The molecule has 9 heteroatoms. The number of nitrogens with zero attached hydrogens (tertiary/aromatic N) is 4. The van der Waals surface area contributed by atoms with Gasteiger partial charge in [0.15, 0.2) is 0 Å². The highest BCUT2D eigenvalue weighted by Gasteiger charge is 2.27. The SMILES string of the molecule is CCn1cc(C(=O)N2CCC(Oc3nc4ccc(F)cc4s3)CC2)c(=O)c2ccc(C)nc21. The van der Waals surface area contributed by atoms with Crippen molar-refractivity contribution >= 4 is 38.5 Å². The monoisotopic (exact) mass is 466 g/mol. The first-order valence-corrected chi connectivity index (χ1v) is 11.8. The average molecular weight is 467 g/mol. The van der Waals surface area contributed by atoms with Crippen LogP contribution >= 0.6 is 11.3 Å². The van der Waals surface area contributed by atoms with E-state index in [1.807, 2.05) is 18.4 Å². The fourth-order valence-corrected chi connectivity index (χ4v) is 5.08. The zero-order valence-corrected chi connectivity index (χ0v) is 19.2. The van der Waals surface area contributed by atoms with Gasteiger partial charge < -0.3 is 14.2 Å². The zero-order chi connectivity index (χ0) is 23.1. The summed E-state index contributed by atoms with van der Waals surface area (Å²) >= 11 is 1.31. The van der Waals surface area contributed by atoms with Gasteiger partial charge in [0.2, 0.25) is 5.43 Å². The van der Waals surface area contributed by atoms with Gasteiger partial charge in [-0.3, -0.25) is 9.59 Å². The number of piperidine rings is 1. The van der Waals surface area contributed by atoms with E-state index in [0.29, 0.717) is 54.2 Å². The third-order valence-electron chi connectivity index (χ3n) is 5.96. The maximum Gasteiger partial charge on any atom is 0.274 e. The van der Waals surface area contributed by atoms with Gasteiger partial charge in [-0.1, -0.05) is 11.3 Å². The second-order valence-corrected chi connectivity index (χ2v) is 9.18. The van der Waals surface area contributed by atoms with E-state index in [1.54, 1.807) is 29.3 Å². The van der Waals surface area contributed by atoms with Crippen LogP contribution in [0.3, 0.4) is 0 Å². The molecule has 1 saturated heterocycles. The molecular weight excluding hydrogens is 443 g/mol. The van der Waals surface area contributed by atoms with Crippen molar-refractivity contribution in [3.8, 4) is 5.19 Å². The van der Waals surface area contributed by atoms with E-state index in [2.05, 4.69) is 9.97 Å². The van der Waals surface area contributed by atoms with Crippen molar-refractivity contribution in [2.75, 3.05) is 13.1 Å². The molecule has 3 aromatic heterocycles. The summed E-state index contributed by atoms with van der Waals surface area (Å²) in [5, 5.41) is 0.960. The Morgan fingerprint density at radius 3 is 2.76 bits per heavy atom. The number of aromatic nitrogens is 3. The van der Waals surface area contributed by atoms with Crippen LogP contribution in [0.5, 0.6) is 5.19 Å². The minimum atomic E-state index is -0.300. The Hall–Kier alpha value is -3.33. The molecule has 33 heavy (non-hydrogen) atoms. The van der Waals surface area contributed by atoms with Crippen LogP contribution in [-0.4, -0.2) is 44.5 Å². The van der Waals surface area contributed by atoms with Gasteiger partial charge in [0.05, 0.1) is 15.6 Å². The lowest BCUT2D eigenvalue weighted by Gasteiger charge is -2.31. The fourth-order valence-electron chi connectivity index (χ4n) is 4.17. The number of fused-ring (bicyclic) bond motifs is 2. The molecule has 0 atom stereocenters. The molecular formula is C24H23FN4O3S. The molecule has 1 fully saturated rings.